The molecule has 9 heteroatoms. The summed E-state index contributed by atoms with van der Waals surface area (Å²) in [6.45, 7) is 19.9. The predicted molar refractivity (Wildman–Crippen MR) is 210 cm³/mol. The number of carbonyl (C=O) groups excluding carboxylic acids is 3. The Labute approximate surface area is 315 Å². The first-order valence-electron chi connectivity index (χ1n) is 17.1. The molecule has 3 aromatic carbocycles. The average Bonchev–Trinajstić information content (AvgIpc) is 3.05. The van der Waals surface area contributed by atoms with E-state index in [0.717, 1.165) is 53.5 Å². The lowest BCUT2D eigenvalue weighted by atomic mass is 9.89. The highest BCUT2D eigenvalue weighted by Crippen LogP contribution is 2.36. The molecule has 0 aliphatic rings. The number of esters is 1. The van der Waals surface area contributed by atoms with Gasteiger partial charge in [-0.15, -0.1) is 0 Å². The van der Waals surface area contributed by atoms with Gasteiger partial charge in [0.2, 0.25) is 6.41 Å². The number of nitrogens with zero attached hydrogens (tertiary/aromatic N) is 1. The Bertz CT molecular complexity index is 1630. The number of methoxy groups -OCH3 is 1. The van der Waals surface area contributed by atoms with E-state index in [4.69, 9.17) is 32.7 Å². The van der Waals surface area contributed by atoms with Gasteiger partial charge in [0.15, 0.2) is 5.60 Å². The number of benzene rings is 3. The minimum Gasteiger partial charge on any atom is -0.476 e. The highest BCUT2D eigenvalue weighted by Gasteiger charge is 2.32. The molecular formula is C42H56Cl2FNO5. The zero-order valence-electron chi connectivity index (χ0n) is 32.3. The number of aldehydes is 1. The molecule has 280 valence electrons. The molecule has 51 heavy (non-hydrogen) atoms. The van der Waals surface area contributed by atoms with E-state index >= 15 is 0 Å². The molecule has 6 nitrogen and oxygen atoms in total. The number of rotatable bonds is 12. The van der Waals surface area contributed by atoms with Crippen LogP contribution in [0.5, 0.6) is 5.75 Å². The molecule has 0 aliphatic heterocycles. The third-order valence-corrected chi connectivity index (χ3v) is 8.60. The highest BCUT2D eigenvalue weighted by molar-refractivity contribution is 6.31. The minimum atomic E-state index is -1.05. The molecule has 0 saturated carbocycles. The van der Waals surface area contributed by atoms with E-state index in [-0.39, 0.29) is 23.1 Å². The average molecular weight is 745 g/mol. The molecule has 3 aromatic rings. The fraction of sp³-hybridized carbons (Fsp3) is 0.452. The van der Waals surface area contributed by atoms with Gasteiger partial charge in [0, 0.05) is 35.1 Å². The van der Waals surface area contributed by atoms with Crippen LogP contribution in [0.3, 0.4) is 0 Å². The number of aryl methyl sites for hydroxylation is 1. The summed E-state index contributed by atoms with van der Waals surface area (Å²) in [5.74, 6) is 0.187. The van der Waals surface area contributed by atoms with Crippen LogP contribution >= 0.6 is 23.2 Å². The molecule has 3 rings (SSSR count). The third kappa shape index (κ3) is 15.2. The van der Waals surface area contributed by atoms with Crippen molar-refractivity contribution in [2.45, 2.75) is 106 Å². The summed E-state index contributed by atoms with van der Waals surface area (Å²) < 4.78 is 24.3. The molecule has 0 N–H and O–H groups in total. The predicted octanol–water partition coefficient (Wildman–Crippen LogP) is 11.7. The van der Waals surface area contributed by atoms with Gasteiger partial charge in [-0.3, -0.25) is 4.79 Å². The van der Waals surface area contributed by atoms with E-state index in [1.807, 2.05) is 52.8 Å². The molecule has 0 fully saturated rings. The maximum atomic E-state index is 13.5. The molecule has 0 spiro atoms. The maximum Gasteiger partial charge on any atom is 0.349 e. The molecule has 2 atom stereocenters. The Morgan fingerprint density at radius 1 is 0.922 bits per heavy atom. The van der Waals surface area contributed by atoms with E-state index in [1.165, 1.54) is 23.6 Å². The van der Waals surface area contributed by atoms with Gasteiger partial charge in [-0.05, 0) is 117 Å². The van der Waals surface area contributed by atoms with Crippen molar-refractivity contribution < 1.29 is 28.2 Å². The lowest BCUT2D eigenvalue weighted by Gasteiger charge is -2.26. The van der Waals surface area contributed by atoms with Gasteiger partial charge in [-0.1, -0.05) is 88.5 Å². The number of carbonyl (C=O) groups is 3. The molecular weight excluding hydrogens is 688 g/mol. The van der Waals surface area contributed by atoms with Gasteiger partial charge >= 0.3 is 5.97 Å². The normalized spacial score (nSPS) is 12.6. The van der Waals surface area contributed by atoms with Crippen LogP contribution in [-0.4, -0.2) is 38.4 Å². The molecule has 0 radical (unpaired) electrons. The summed E-state index contributed by atoms with van der Waals surface area (Å²) in [6.07, 6.45) is 6.52. The Balaban J connectivity index is 0.000000431. The first kappa shape index (κ1) is 45.3. The Morgan fingerprint density at radius 2 is 1.53 bits per heavy atom. The Hall–Kier alpha value is -3.68. The SMILES string of the molecule is CC(C)(C)CC=O.CC/C=C(/C)CC(C)c1cc(Cl)ccc1OC(C)(C)C(=O)OC.Cc1ccc(F)cc1C(C)c1ccc(Cl)cc1N(C)C=O. The van der Waals surface area contributed by atoms with Crippen molar-refractivity contribution in [3.8, 4) is 5.75 Å². The first-order chi connectivity index (χ1) is 23.7. The summed E-state index contributed by atoms with van der Waals surface area (Å²) in [4.78, 5) is 34.2. The summed E-state index contributed by atoms with van der Waals surface area (Å²) in [7, 11) is 3.03. The number of allylic oxidation sites excluding steroid dienone is 2. The Morgan fingerprint density at radius 3 is 2.06 bits per heavy atom. The number of hydrogen-bond donors (Lipinski definition) is 0. The van der Waals surface area contributed by atoms with Gasteiger partial charge in [-0.2, -0.15) is 0 Å². The van der Waals surface area contributed by atoms with Gasteiger partial charge in [-0.25, -0.2) is 9.18 Å². The van der Waals surface area contributed by atoms with E-state index in [2.05, 4.69) is 26.8 Å². The Kier molecular flexibility index (Phi) is 18.7. The molecule has 0 aliphatic carbocycles. The number of anilines is 1. The summed E-state index contributed by atoms with van der Waals surface area (Å²) in [6, 6.07) is 15.7. The van der Waals surface area contributed by atoms with Crippen molar-refractivity contribution in [1.82, 2.24) is 0 Å². The largest absolute Gasteiger partial charge is 0.476 e. The first-order valence-corrected chi connectivity index (χ1v) is 17.9. The smallest absolute Gasteiger partial charge is 0.349 e. The number of halogens is 3. The van der Waals surface area contributed by atoms with E-state index in [9.17, 15) is 18.8 Å². The van der Waals surface area contributed by atoms with Crippen LogP contribution in [0.15, 0.2) is 66.2 Å². The van der Waals surface area contributed by atoms with Crippen LogP contribution in [0, 0.1) is 18.2 Å². The van der Waals surface area contributed by atoms with Gasteiger partial charge < -0.3 is 19.2 Å². The van der Waals surface area contributed by atoms with Crippen LogP contribution in [-0.2, 0) is 19.1 Å². The fourth-order valence-electron chi connectivity index (χ4n) is 5.33. The maximum absolute atomic E-state index is 13.5. The minimum absolute atomic E-state index is 0.0460. The zero-order valence-corrected chi connectivity index (χ0v) is 33.8. The molecule has 0 heterocycles. The van der Waals surface area contributed by atoms with Crippen LogP contribution in [0.4, 0.5) is 10.1 Å². The van der Waals surface area contributed by atoms with Gasteiger partial charge in [0.05, 0.1) is 7.11 Å². The summed E-state index contributed by atoms with van der Waals surface area (Å²) in [5.41, 5.74) is 5.04. The van der Waals surface area contributed by atoms with Crippen molar-refractivity contribution in [2.24, 2.45) is 5.41 Å². The second-order valence-electron chi connectivity index (χ2n) is 14.4. The monoisotopic (exact) mass is 743 g/mol. The molecule has 2 unspecified atom stereocenters. The number of hydrogen-bond acceptors (Lipinski definition) is 5. The van der Waals surface area contributed by atoms with E-state index in [0.29, 0.717) is 22.2 Å². The second kappa shape index (κ2) is 21.0. The summed E-state index contributed by atoms with van der Waals surface area (Å²) >= 11 is 12.2. The van der Waals surface area contributed by atoms with Crippen LogP contribution in [0.1, 0.15) is 116 Å². The van der Waals surface area contributed by atoms with Crippen molar-refractivity contribution >= 4 is 47.6 Å². The molecule has 1 amide bonds. The van der Waals surface area contributed by atoms with Crippen molar-refractivity contribution in [2.75, 3.05) is 19.1 Å². The zero-order chi connectivity index (χ0) is 39.1. The number of ether oxygens (including phenoxy) is 2. The standard InChI is InChI=1S/C19H27ClO3.C17H17ClFNO.C6H12O/c1-7-8-13(2)11-14(3)16-12-15(20)9-10-17(16)23-19(4,5)18(21)22-6;1-11-4-6-14(19)9-16(11)12(2)15-7-5-13(18)8-17(15)20(3)10-21;1-6(2,3)4-5-7/h8-10,12,14H,7,11H2,1-6H3;4-10,12H,1-3H3;5H,4H2,1-3H3/b13-8-;;. The van der Waals surface area contributed by atoms with Crippen LogP contribution in [0.25, 0.3) is 0 Å². The van der Waals surface area contributed by atoms with Crippen molar-refractivity contribution in [3.63, 3.8) is 0 Å². The van der Waals surface area contributed by atoms with Gasteiger partial charge in [0.1, 0.15) is 17.9 Å². The fourth-order valence-corrected chi connectivity index (χ4v) is 5.67. The van der Waals surface area contributed by atoms with Crippen LogP contribution in [0.2, 0.25) is 10.0 Å². The van der Waals surface area contributed by atoms with Crippen molar-refractivity contribution in [3.05, 3.63) is 104 Å². The lowest BCUT2D eigenvalue weighted by molar-refractivity contribution is -0.156. The van der Waals surface area contributed by atoms with Gasteiger partial charge in [0.25, 0.3) is 0 Å². The number of amides is 1. The van der Waals surface area contributed by atoms with Crippen LogP contribution < -0.4 is 9.64 Å². The lowest BCUT2D eigenvalue weighted by Crippen LogP contribution is -2.39. The van der Waals surface area contributed by atoms with E-state index in [1.54, 1.807) is 51.2 Å². The molecule has 0 saturated heterocycles. The van der Waals surface area contributed by atoms with E-state index < -0.39 is 11.6 Å². The molecule has 0 bridgehead atoms. The third-order valence-electron chi connectivity index (χ3n) is 8.13. The topological polar surface area (TPSA) is 72.9 Å². The highest BCUT2D eigenvalue weighted by atomic mass is 35.5. The van der Waals surface area contributed by atoms with Crippen molar-refractivity contribution in [1.29, 1.82) is 0 Å². The second-order valence-corrected chi connectivity index (χ2v) is 15.3. The quantitative estimate of drug-likeness (QED) is 0.105. The molecule has 0 aromatic heterocycles. The summed E-state index contributed by atoms with van der Waals surface area (Å²) in [5, 5.41) is 1.22.